The Hall–Kier alpha value is -2.04. The Bertz CT molecular complexity index is 652. The molecule has 3 aliphatic heterocycles. The van der Waals surface area contributed by atoms with Crippen molar-refractivity contribution in [2.45, 2.75) is 44.6 Å². The van der Waals surface area contributed by atoms with Crippen molar-refractivity contribution in [2.24, 2.45) is 0 Å². The van der Waals surface area contributed by atoms with Crippen molar-refractivity contribution >= 4 is 11.8 Å². The zero-order chi connectivity index (χ0) is 16.5. The van der Waals surface area contributed by atoms with Crippen molar-refractivity contribution in [1.82, 2.24) is 9.80 Å². The van der Waals surface area contributed by atoms with Gasteiger partial charge in [0.1, 0.15) is 5.75 Å². The first-order valence-corrected chi connectivity index (χ1v) is 9.11. The maximum atomic E-state index is 12.9. The Kier molecular flexibility index (Phi) is 4.17. The minimum absolute atomic E-state index is 0.0143. The van der Waals surface area contributed by atoms with Crippen molar-refractivity contribution in [3.8, 4) is 5.75 Å². The maximum absolute atomic E-state index is 12.9. The third-order valence-corrected chi connectivity index (χ3v) is 5.45. The van der Waals surface area contributed by atoms with Gasteiger partial charge in [-0.25, -0.2) is 0 Å². The van der Waals surface area contributed by atoms with Crippen LogP contribution in [0.15, 0.2) is 18.2 Å². The van der Waals surface area contributed by atoms with Gasteiger partial charge in [0.2, 0.25) is 0 Å². The number of benzene rings is 1. The second kappa shape index (κ2) is 6.46. The lowest BCUT2D eigenvalue weighted by atomic mass is 10.0. The molecular weight excluding hydrogens is 304 g/mol. The van der Waals surface area contributed by atoms with Crippen LogP contribution in [0.1, 0.15) is 59.2 Å². The number of carbonyl (C=O) groups excluding carboxylic acids is 2. The first-order chi connectivity index (χ1) is 11.7. The molecule has 4 rings (SSSR count). The van der Waals surface area contributed by atoms with E-state index >= 15 is 0 Å². The van der Waals surface area contributed by atoms with Crippen LogP contribution in [0.25, 0.3) is 0 Å². The predicted molar refractivity (Wildman–Crippen MR) is 90.4 cm³/mol. The minimum Gasteiger partial charge on any atom is -0.493 e. The number of piperidine rings is 1. The van der Waals surface area contributed by atoms with Crippen LogP contribution in [-0.4, -0.2) is 53.9 Å². The van der Waals surface area contributed by atoms with Gasteiger partial charge in [-0.1, -0.05) is 0 Å². The van der Waals surface area contributed by atoms with Crippen LogP contribution >= 0.6 is 0 Å². The Morgan fingerprint density at radius 3 is 2.71 bits per heavy atom. The van der Waals surface area contributed by atoms with E-state index in [1.165, 1.54) is 6.42 Å². The van der Waals surface area contributed by atoms with E-state index in [2.05, 4.69) is 0 Å². The van der Waals surface area contributed by atoms with Gasteiger partial charge in [-0.05, 0) is 50.3 Å². The second-order valence-corrected chi connectivity index (χ2v) is 7.00. The van der Waals surface area contributed by atoms with Gasteiger partial charge < -0.3 is 14.5 Å². The number of ether oxygens (including phenoxy) is 1. The number of hydrogen-bond acceptors (Lipinski definition) is 3. The van der Waals surface area contributed by atoms with Crippen LogP contribution < -0.4 is 4.74 Å². The Morgan fingerprint density at radius 1 is 1.04 bits per heavy atom. The summed E-state index contributed by atoms with van der Waals surface area (Å²) in [5, 5.41) is 0. The lowest BCUT2D eigenvalue weighted by Crippen LogP contribution is -2.39. The summed E-state index contributed by atoms with van der Waals surface area (Å²) in [7, 11) is 0. The summed E-state index contributed by atoms with van der Waals surface area (Å²) < 4.78 is 5.81. The average molecular weight is 328 g/mol. The zero-order valence-corrected chi connectivity index (χ0v) is 14.0. The van der Waals surface area contributed by atoms with Crippen LogP contribution in [0.2, 0.25) is 0 Å². The lowest BCUT2D eigenvalue weighted by molar-refractivity contribution is 0.0694. The molecular formula is C19H24N2O3. The van der Waals surface area contributed by atoms with Crippen molar-refractivity contribution in [2.75, 3.05) is 26.2 Å². The molecule has 5 heteroatoms. The molecule has 2 fully saturated rings. The van der Waals surface area contributed by atoms with E-state index in [4.69, 9.17) is 4.74 Å². The van der Waals surface area contributed by atoms with Crippen LogP contribution in [0.3, 0.4) is 0 Å². The van der Waals surface area contributed by atoms with Gasteiger partial charge in [0, 0.05) is 37.7 Å². The lowest BCUT2D eigenvalue weighted by Gasteiger charge is -2.29. The van der Waals surface area contributed by atoms with Gasteiger partial charge in [-0.15, -0.1) is 0 Å². The molecule has 0 N–H and O–H groups in total. The second-order valence-electron chi connectivity index (χ2n) is 7.00. The SMILES string of the molecule is O=C(c1ccc2c(c1)C(=O)N1CCCC1CCO2)N1CCCCC1. The van der Waals surface area contributed by atoms with Crippen LogP contribution in [0, 0.1) is 0 Å². The quantitative estimate of drug-likeness (QED) is 0.796. The Labute approximate surface area is 142 Å². The normalized spacial score (nSPS) is 23.8. The summed E-state index contributed by atoms with van der Waals surface area (Å²) in [6.45, 7) is 3.07. The number of likely N-dealkylation sites (tertiary alicyclic amines) is 1. The topological polar surface area (TPSA) is 49.9 Å². The molecule has 3 heterocycles. The van der Waals surface area contributed by atoms with Gasteiger partial charge >= 0.3 is 0 Å². The van der Waals surface area contributed by atoms with Crippen molar-refractivity contribution in [3.05, 3.63) is 29.3 Å². The van der Waals surface area contributed by atoms with Crippen LogP contribution in [0.4, 0.5) is 0 Å². The molecule has 1 atom stereocenters. The fourth-order valence-corrected chi connectivity index (χ4v) is 4.10. The summed E-state index contributed by atoms with van der Waals surface area (Å²) in [6, 6.07) is 5.62. The van der Waals surface area contributed by atoms with Crippen molar-refractivity contribution < 1.29 is 14.3 Å². The first-order valence-electron chi connectivity index (χ1n) is 9.11. The molecule has 2 saturated heterocycles. The fraction of sp³-hybridized carbons (Fsp3) is 0.579. The highest BCUT2D eigenvalue weighted by Crippen LogP contribution is 2.30. The van der Waals surface area contributed by atoms with E-state index in [1.807, 2.05) is 9.80 Å². The number of carbonyl (C=O) groups is 2. The molecule has 1 unspecified atom stereocenters. The van der Waals surface area contributed by atoms with Crippen molar-refractivity contribution in [1.29, 1.82) is 0 Å². The molecule has 3 aliphatic rings. The molecule has 0 radical (unpaired) electrons. The molecule has 0 aromatic heterocycles. The third-order valence-electron chi connectivity index (χ3n) is 5.45. The number of nitrogens with zero attached hydrogens (tertiary/aromatic N) is 2. The smallest absolute Gasteiger partial charge is 0.257 e. The van der Waals surface area contributed by atoms with Gasteiger partial charge in [0.15, 0.2) is 0 Å². The fourth-order valence-electron chi connectivity index (χ4n) is 4.10. The number of fused-ring (bicyclic) bond motifs is 2. The van der Waals surface area contributed by atoms with E-state index in [9.17, 15) is 9.59 Å². The van der Waals surface area contributed by atoms with E-state index < -0.39 is 0 Å². The maximum Gasteiger partial charge on any atom is 0.257 e. The van der Waals surface area contributed by atoms with Crippen LogP contribution in [-0.2, 0) is 0 Å². The Balaban J connectivity index is 1.64. The highest BCUT2D eigenvalue weighted by Gasteiger charge is 2.33. The molecule has 0 saturated carbocycles. The zero-order valence-electron chi connectivity index (χ0n) is 14.0. The minimum atomic E-state index is 0.0143. The summed E-state index contributed by atoms with van der Waals surface area (Å²) >= 11 is 0. The average Bonchev–Trinajstić information content (AvgIpc) is 3.08. The molecule has 0 aliphatic carbocycles. The Morgan fingerprint density at radius 2 is 1.88 bits per heavy atom. The molecule has 1 aromatic rings. The number of hydrogen-bond donors (Lipinski definition) is 0. The van der Waals surface area contributed by atoms with Gasteiger partial charge in [0.05, 0.1) is 12.2 Å². The first kappa shape index (κ1) is 15.5. The summed E-state index contributed by atoms with van der Waals surface area (Å²) in [5.74, 6) is 0.659. The molecule has 2 amide bonds. The molecule has 0 bridgehead atoms. The molecule has 128 valence electrons. The van der Waals surface area contributed by atoms with E-state index in [0.717, 1.165) is 51.7 Å². The summed E-state index contributed by atoms with van der Waals surface area (Å²) in [5.41, 5.74) is 1.15. The van der Waals surface area contributed by atoms with Crippen LogP contribution in [0.5, 0.6) is 5.75 Å². The van der Waals surface area contributed by atoms with E-state index in [-0.39, 0.29) is 17.9 Å². The number of amides is 2. The monoisotopic (exact) mass is 328 g/mol. The van der Waals surface area contributed by atoms with Gasteiger partial charge in [-0.3, -0.25) is 9.59 Å². The van der Waals surface area contributed by atoms with E-state index in [1.54, 1.807) is 18.2 Å². The van der Waals surface area contributed by atoms with E-state index in [0.29, 0.717) is 23.5 Å². The van der Waals surface area contributed by atoms with Gasteiger partial charge in [-0.2, -0.15) is 0 Å². The van der Waals surface area contributed by atoms with Gasteiger partial charge in [0.25, 0.3) is 11.8 Å². The number of rotatable bonds is 1. The largest absolute Gasteiger partial charge is 0.493 e. The standard InChI is InChI=1S/C19H24N2O3/c22-18(20-9-2-1-3-10-20)14-6-7-17-16(13-14)19(23)21-11-4-5-15(21)8-12-24-17/h6-7,13,15H,1-5,8-12H2. The highest BCUT2D eigenvalue weighted by molar-refractivity contribution is 6.01. The third kappa shape index (κ3) is 2.76. The summed E-state index contributed by atoms with van der Waals surface area (Å²) in [4.78, 5) is 29.5. The molecule has 0 spiro atoms. The predicted octanol–water partition coefficient (Wildman–Crippen LogP) is 2.70. The summed E-state index contributed by atoms with van der Waals surface area (Å²) in [6.07, 6.45) is 6.31. The highest BCUT2D eigenvalue weighted by atomic mass is 16.5. The molecule has 1 aromatic carbocycles. The molecule has 5 nitrogen and oxygen atoms in total. The molecule has 24 heavy (non-hydrogen) atoms. The van der Waals surface area contributed by atoms with Crippen molar-refractivity contribution in [3.63, 3.8) is 0 Å².